The van der Waals surface area contributed by atoms with E-state index in [1.54, 1.807) is 6.92 Å². The van der Waals surface area contributed by atoms with Crippen LogP contribution in [0.25, 0.3) is 11.0 Å². The summed E-state index contributed by atoms with van der Waals surface area (Å²) in [7, 11) is 1.41. The van der Waals surface area contributed by atoms with E-state index < -0.39 is 5.97 Å². The number of imidazole rings is 1. The largest absolute Gasteiger partial charge is 0.494 e. The van der Waals surface area contributed by atoms with Crippen molar-refractivity contribution in [1.29, 1.82) is 0 Å². The van der Waals surface area contributed by atoms with Crippen LogP contribution >= 0.6 is 11.6 Å². The number of hydrogen-bond acceptors (Lipinski definition) is 3. The van der Waals surface area contributed by atoms with Gasteiger partial charge in [0.1, 0.15) is 22.4 Å². The monoisotopic (exact) mass is 240 g/mol. The predicted octanol–water partition coefficient (Wildman–Crippen LogP) is 2.23. The molecule has 2 N–H and O–H groups in total. The van der Waals surface area contributed by atoms with Gasteiger partial charge in [-0.3, -0.25) is 0 Å². The van der Waals surface area contributed by atoms with E-state index in [2.05, 4.69) is 9.97 Å². The second-order valence-corrected chi connectivity index (χ2v) is 3.70. The molecule has 2 aromatic rings. The molecule has 0 aliphatic rings. The first-order chi connectivity index (χ1) is 7.54. The highest BCUT2D eigenvalue weighted by Crippen LogP contribution is 2.33. The molecule has 0 radical (unpaired) electrons. The SMILES string of the molecule is COc1c(C(=O)O)cc(Cl)c2nc(C)[nH]c12. The number of H-pyrrole nitrogens is 1. The molecule has 1 aromatic heterocycles. The lowest BCUT2D eigenvalue weighted by Gasteiger charge is -2.06. The normalized spacial score (nSPS) is 10.7. The van der Waals surface area contributed by atoms with Crippen molar-refractivity contribution in [3.8, 4) is 5.75 Å². The predicted molar refractivity (Wildman–Crippen MR) is 59.4 cm³/mol. The van der Waals surface area contributed by atoms with Crippen LogP contribution in [-0.2, 0) is 0 Å². The molecule has 16 heavy (non-hydrogen) atoms. The Morgan fingerprint density at radius 2 is 2.31 bits per heavy atom. The molecule has 2 rings (SSSR count). The molecule has 0 saturated heterocycles. The lowest BCUT2D eigenvalue weighted by molar-refractivity contribution is 0.0693. The van der Waals surface area contributed by atoms with Crippen molar-refractivity contribution in [2.24, 2.45) is 0 Å². The van der Waals surface area contributed by atoms with Gasteiger partial charge >= 0.3 is 5.97 Å². The van der Waals surface area contributed by atoms with E-state index in [-0.39, 0.29) is 16.3 Å². The molecular formula is C10H9ClN2O3. The van der Waals surface area contributed by atoms with E-state index in [0.717, 1.165) is 0 Å². The van der Waals surface area contributed by atoms with Crippen molar-refractivity contribution < 1.29 is 14.6 Å². The Bertz CT molecular complexity index is 577. The summed E-state index contributed by atoms with van der Waals surface area (Å²) in [5.74, 6) is -0.196. The number of aromatic nitrogens is 2. The van der Waals surface area contributed by atoms with Gasteiger partial charge in [-0.25, -0.2) is 9.78 Å². The Hall–Kier alpha value is -1.75. The lowest BCUT2D eigenvalue weighted by atomic mass is 10.1. The molecule has 0 atom stereocenters. The molecule has 0 bridgehead atoms. The standard InChI is InChI=1S/C10H9ClN2O3/c1-4-12-7-6(11)3-5(10(14)15)9(16-2)8(7)13-4/h3H,1-2H3,(H,12,13)(H,14,15). The number of carboxylic acid groups (broad SMARTS) is 1. The number of benzene rings is 1. The van der Waals surface area contributed by atoms with Crippen molar-refractivity contribution in [3.63, 3.8) is 0 Å². The summed E-state index contributed by atoms with van der Waals surface area (Å²) in [6.45, 7) is 1.76. The van der Waals surface area contributed by atoms with Gasteiger partial charge in [0, 0.05) is 0 Å². The third-order valence-electron chi connectivity index (χ3n) is 2.23. The highest BCUT2D eigenvalue weighted by molar-refractivity contribution is 6.35. The molecular weight excluding hydrogens is 232 g/mol. The van der Waals surface area contributed by atoms with Crippen LogP contribution in [0.2, 0.25) is 5.02 Å². The van der Waals surface area contributed by atoms with Crippen LogP contribution in [0.3, 0.4) is 0 Å². The number of fused-ring (bicyclic) bond motifs is 1. The zero-order valence-electron chi connectivity index (χ0n) is 8.67. The molecule has 6 heteroatoms. The minimum atomic E-state index is -1.09. The Labute approximate surface area is 96.0 Å². The van der Waals surface area contributed by atoms with E-state index in [0.29, 0.717) is 16.9 Å². The van der Waals surface area contributed by atoms with Crippen LogP contribution in [0.15, 0.2) is 6.07 Å². The minimum Gasteiger partial charge on any atom is -0.494 e. The number of halogens is 1. The second-order valence-electron chi connectivity index (χ2n) is 3.29. The summed E-state index contributed by atoms with van der Waals surface area (Å²) < 4.78 is 5.08. The van der Waals surface area contributed by atoms with Gasteiger partial charge in [0.05, 0.1) is 12.1 Å². The number of aromatic carboxylic acids is 1. The molecule has 0 aliphatic carbocycles. The molecule has 0 fully saturated rings. The minimum absolute atomic E-state index is 0.0173. The maximum absolute atomic E-state index is 11.0. The maximum atomic E-state index is 11.0. The first-order valence-corrected chi connectivity index (χ1v) is 4.88. The molecule has 0 saturated carbocycles. The van der Waals surface area contributed by atoms with E-state index in [1.807, 2.05) is 0 Å². The van der Waals surface area contributed by atoms with Crippen LogP contribution < -0.4 is 4.74 Å². The molecule has 5 nitrogen and oxygen atoms in total. The Balaban J connectivity index is 2.89. The van der Waals surface area contributed by atoms with Crippen molar-refractivity contribution in [1.82, 2.24) is 9.97 Å². The van der Waals surface area contributed by atoms with Gasteiger partial charge in [-0.2, -0.15) is 0 Å². The van der Waals surface area contributed by atoms with Gasteiger partial charge < -0.3 is 14.8 Å². The maximum Gasteiger partial charge on any atom is 0.339 e. The molecule has 84 valence electrons. The van der Waals surface area contributed by atoms with Gasteiger partial charge in [0.15, 0.2) is 5.75 Å². The number of methoxy groups -OCH3 is 1. The van der Waals surface area contributed by atoms with Crippen molar-refractivity contribution in [2.75, 3.05) is 7.11 Å². The first kappa shape index (κ1) is 10.8. The molecule has 0 aliphatic heterocycles. The van der Waals surface area contributed by atoms with Crippen LogP contribution in [-0.4, -0.2) is 28.2 Å². The van der Waals surface area contributed by atoms with E-state index in [9.17, 15) is 4.79 Å². The molecule has 1 aromatic carbocycles. The van der Waals surface area contributed by atoms with E-state index in [1.165, 1.54) is 13.2 Å². The second kappa shape index (κ2) is 3.68. The van der Waals surface area contributed by atoms with Crippen LogP contribution in [0.5, 0.6) is 5.75 Å². The van der Waals surface area contributed by atoms with Crippen molar-refractivity contribution >= 4 is 28.6 Å². The average molecular weight is 241 g/mol. The molecule has 1 heterocycles. The van der Waals surface area contributed by atoms with Crippen LogP contribution in [0.4, 0.5) is 0 Å². The topological polar surface area (TPSA) is 75.2 Å². The number of nitrogens with one attached hydrogen (secondary N) is 1. The highest BCUT2D eigenvalue weighted by atomic mass is 35.5. The number of nitrogens with zero attached hydrogens (tertiary/aromatic N) is 1. The third-order valence-corrected chi connectivity index (χ3v) is 2.51. The first-order valence-electron chi connectivity index (χ1n) is 4.50. The van der Waals surface area contributed by atoms with Gasteiger partial charge in [0.2, 0.25) is 0 Å². The van der Waals surface area contributed by atoms with Crippen LogP contribution in [0, 0.1) is 6.92 Å². The average Bonchev–Trinajstić information content (AvgIpc) is 2.60. The summed E-state index contributed by atoms with van der Waals surface area (Å²) in [6, 6.07) is 1.34. The van der Waals surface area contributed by atoms with E-state index >= 15 is 0 Å². The van der Waals surface area contributed by atoms with Crippen LogP contribution in [0.1, 0.15) is 16.2 Å². The zero-order chi connectivity index (χ0) is 11.9. The lowest BCUT2D eigenvalue weighted by Crippen LogP contribution is -2.01. The Morgan fingerprint density at radius 1 is 1.62 bits per heavy atom. The molecule has 0 unspecified atom stereocenters. The summed E-state index contributed by atoms with van der Waals surface area (Å²) in [5, 5.41) is 9.30. The fourth-order valence-corrected chi connectivity index (χ4v) is 1.84. The summed E-state index contributed by atoms with van der Waals surface area (Å²) in [4.78, 5) is 18.1. The van der Waals surface area contributed by atoms with Crippen molar-refractivity contribution in [2.45, 2.75) is 6.92 Å². The highest BCUT2D eigenvalue weighted by Gasteiger charge is 2.19. The molecule has 0 spiro atoms. The van der Waals surface area contributed by atoms with Gasteiger partial charge in [0.25, 0.3) is 0 Å². The quantitative estimate of drug-likeness (QED) is 0.844. The summed E-state index contributed by atoms with van der Waals surface area (Å²) in [6.07, 6.45) is 0. The van der Waals surface area contributed by atoms with E-state index in [4.69, 9.17) is 21.4 Å². The summed E-state index contributed by atoms with van der Waals surface area (Å²) >= 11 is 5.95. The van der Waals surface area contributed by atoms with Crippen molar-refractivity contribution in [3.05, 3.63) is 22.5 Å². The Morgan fingerprint density at radius 3 is 2.88 bits per heavy atom. The number of carbonyl (C=O) groups is 1. The molecule has 0 amide bonds. The number of hydrogen-bond donors (Lipinski definition) is 2. The summed E-state index contributed by atoms with van der Waals surface area (Å²) in [5.41, 5.74) is 1.04. The fraction of sp³-hybridized carbons (Fsp3) is 0.200. The third kappa shape index (κ3) is 1.49. The number of aryl methyl sites for hydroxylation is 1. The zero-order valence-corrected chi connectivity index (χ0v) is 9.42. The van der Waals surface area contributed by atoms with Gasteiger partial charge in [-0.15, -0.1) is 0 Å². The number of rotatable bonds is 2. The number of carboxylic acids is 1. The smallest absolute Gasteiger partial charge is 0.339 e. The van der Waals surface area contributed by atoms with Gasteiger partial charge in [-0.05, 0) is 13.0 Å². The number of aromatic amines is 1. The van der Waals surface area contributed by atoms with Gasteiger partial charge in [-0.1, -0.05) is 11.6 Å². The number of ether oxygens (including phenoxy) is 1. The Kier molecular flexibility index (Phi) is 2.47. The fourth-order valence-electron chi connectivity index (χ4n) is 1.59.